The first-order chi connectivity index (χ1) is 15.4. The Labute approximate surface area is 186 Å². The molecule has 0 atom stereocenters. The fourth-order valence-corrected chi connectivity index (χ4v) is 4.42. The van der Waals surface area contributed by atoms with Gasteiger partial charge in [0.25, 0.3) is 0 Å². The number of likely N-dealkylation sites (tertiary alicyclic amines) is 1. The van der Waals surface area contributed by atoms with E-state index in [0.717, 1.165) is 33.5 Å². The standard InChI is InChI=1S/C25H28FN3O3/c1-16-20(21-14-18(26)7-8-22(21)27-16)15-24(30)28-19-9-11-29(12-10-19)25(31)13-17-5-3-4-6-23(17)32-2/h3-8,14,19,27H,9-13,15H2,1-2H3,(H,28,30). The molecule has 1 fully saturated rings. The number of rotatable bonds is 6. The first-order valence-electron chi connectivity index (χ1n) is 10.9. The molecule has 0 bridgehead atoms. The van der Waals surface area contributed by atoms with Crippen molar-refractivity contribution in [3.63, 3.8) is 0 Å². The van der Waals surface area contributed by atoms with Gasteiger partial charge in [-0.1, -0.05) is 18.2 Å². The number of amides is 2. The molecule has 1 aliphatic heterocycles. The van der Waals surface area contributed by atoms with Gasteiger partial charge < -0.3 is 19.9 Å². The van der Waals surface area contributed by atoms with Crippen LogP contribution < -0.4 is 10.1 Å². The number of nitrogens with zero attached hydrogens (tertiary/aromatic N) is 1. The minimum atomic E-state index is -0.316. The molecule has 0 spiro atoms. The summed E-state index contributed by atoms with van der Waals surface area (Å²) in [6, 6.07) is 12.1. The van der Waals surface area contributed by atoms with E-state index in [9.17, 15) is 14.0 Å². The number of carbonyl (C=O) groups is 2. The van der Waals surface area contributed by atoms with Crippen LogP contribution >= 0.6 is 0 Å². The van der Waals surface area contributed by atoms with E-state index in [1.54, 1.807) is 13.2 Å². The molecule has 3 aromatic rings. The summed E-state index contributed by atoms with van der Waals surface area (Å²) in [7, 11) is 1.60. The number of benzene rings is 2. The maximum absolute atomic E-state index is 13.7. The van der Waals surface area contributed by atoms with Crippen LogP contribution in [0.15, 0.2) is 42.5 Å². The van der Waals surface area contributed by atoms with Crippen LogP contribution in [-0.4, -0.2) is 47.9 Å². The van der Waals surface area contributed by atoms with Crippen molar-refractivity contribution in [1.82, 2.24) is 15.2 Å². The van der Waals surface area contributed by atoms with Crippen LogP contribution in [0.2, 0.25) is 0 Å². The Balaban J connectivity index is 1.30. The lowest BCUT2D eigenvalue weighted by atomic mass is 10.0. The molecule has 2 heterocycles. The van der Waals surface area contributed by atoms with Crippen molar-refractivity contribution >= 4 is 22.7 Å². The predicted molar refractivity (Wildman–Crippen MR) is 121 cm³/mol. The maximum Gasteiger partial charge on any atom is 0.227 e. The molecule has 7 heteroatoms. The summed E-state index contributed by atoms with van der Waals surface area (Å²) in [5, 5.41) is 3.83. The summed E-state index contributed by atoms with van der Waals surface area (Å²) >= 11 is 0. The third-order valence-corrected chi connectivity index (χ3v) is 6.17. The van der Waals surface area contributed by atoms with Gasteiger partial charge in [-0.25, -0.2) is 4.39 Å². The van der Waals surface area contributed by atoms with Crippen molar-refractivity contribution < 1.29 is 18.7 Å². The number of aryl methyl sites for hydroxylation is 1. The zero-order valence-electron chi connectivity index (χ0n) is 18.4. The number of piperidine rings is 1. The van der Waals surface area contributed by atoms with Crippen LogP contribution in [0, 0.1) is 12.7 Å². The smallest absolute Gasteiger partial charge is 0.227 e. The monoisotopic (exact) mass is 437 g/mol. The quantitative estimate of drug-likeness (QED) is 0.620. The van der Waals surface area contributed by atoms with Crippen LogP contribution in [0.3, 0.4) is 0 Å². The lowest BCUT2D eigenvalue weighted by Gasteiger charge is -2.32. The summed E-state index contributed by atoms with van der Waals surface area (Å²) in [5.74, 6) is 0.381. The first kappa shape index (κ1) is 21.9. The van der Waals surface area contributed by atoms with E-state index in [-0.39, 0.29) is 30.1 Å². The van der Waals surface area contributed by atoms with Crippen molar-refractivity contribution in [3.05, 3.63) is 65.1 Å². The number of fused-ring (bicyclic) bond motifs is 1. The van der Waals surface area contributed by atoms with Crippen molar-refractivity contribution in [2.24, 2.45) is 0 Å². The molecule has 0 unspecified atom stereocenters. The number of para-hydroxylation sites is 1. The molecule has 0 aliphatic carbocycles. The molecule has 2 amide bonds. The van der Waals surface area contributed by atoms with Gasteiger partial charge >= 0.3 is 0 Å². The van der Waals surface area contributed by atoms with Gasteiger partial charge in [-0.15, -0.1) is 0 Å². The fourth-order valence-electron chi connectivity index (χ4n) is 4.42. The average molecular weight is 438 g/mol. The molecule has 1 aromatic heterocycles. The van der Waals surface area contributed by atoms with Gasteiger partial charge in [-0.05, 0) is 49.6 Å². The number of hydrogen-bond donors (Lipinski definition) is 2. The summed E-state index contributed by atoms with van der Waals surface area (Å²) in [5.41, 5.74) is 3.40. The number of ether oxygens (including phenoxy) is 1. The molecule has 2 N–H and O–H groups in total. The highest BCUT2D eigenvalue weighted by atomic mass is 19.1. The molecular formula is C25H28FN3O3. The summed E-state index contributed by atoms with van der Waals surface area (Å²) < 4.78 is 19.0. The summed E-state index contributed by atoms with van der Waals surface area (Å²) in [6.07, 6.45) is 1.93. The number of aromatic nitrogens is 1. The Kier molecular flexibility index (Phi) is 6.44. The number of nitrogens with one attached hydrogen (secondary N) is 2. The fraction of sp³-hybridized carbons (Fsp3) is 0.360. The Morgan fingerprint density at radius 2 is 1.91 bits per heavy atom. The minimum absolute atomic E-state index is 0.0278. The van der Waals surface area contributed by atoms with E-state index in [0.29, 0.717) is 32.4 Å². The van der Waals surface area contributed by atoms with Crippen LogP contribution in [0.1, 0.15) is 29.7 Å². The number of halogens is 1. The molecular weight excluding hydrogens is 409 g/mol. The third-order valence-electron chi connectivity index (χ3n) is 6.17. The van der Waals surface area contributed by atoms with E-state index >= 15 is 0 Å². The number of hydrogen-bond acceptors (Lipinski definition) is 3. The molecule has 4 rings (SSSR count). The van der Waals surface area contributed by atoms with E-state index in [4.69, 9.17) is 4.74 Å². The van der Waals surface area contributed by atoms with Crippen molar-refractivity contribution in [1.29, 1.82) is 0 Å². The van der Waals surface area contributed by atoms with Crippen LogP contribution in [0.25, 0.3) is 10.9 Å². The van der Waals surface area contributed by atoms with E-state index < -0.39 is 0 Å². The van der Waals surface area contributed by atoms with Gasteiger partial charge in [-0.2, -0.15) is 0 Å². The summed E-state index contributed by atoms with van der Waals surface area (Å²) in [6.45, 7) is 3.11. The minimum Gasteiger partial charge on any atom is -0.496 e. The molecule has 0 saturated carbocycles. The normalized spacial score (nSPS) is 14.5. The topological polar surface area (TPSA) is 74.4 Å². The average Bonchev–Trinajstić information content (AvgIpc) is 3.09. The van der Waals surface area contributed by atoms with Gasteiger partial charge in [0.05, 0.1) is 20.0 Å². The van der Waals surface area contributed by atoms with E-state index in [1.807, 2.05) is 36.1 Å². The second-order valence-electron chi connectivity index (χ2n) is 8.31. The number of methoxy groups -OCH3 is 1. The SMILES string of the molecule is COc1ccccc1CC(=O)N1CCC(NC(=O)Cc2c(C)[nH]c3ccc(F)cc23)CC1. The first-order valence-corrected chi connectivity index (χ1v) is 10.9. The zero-order chi connectivity index (χ0) is 22.7. The van der Waals surface area contributed by atoms with Gasteiger partial charge in [0.15, 0.2) is 0 Å². The van der Waals surface area contributed by atoms with Crippen LogP contribution in [0.4, 0.5) is 4.39 Å². The van der Waals surface area contributed by atoms with Crippen molar-refractivity contribution in [2.75, 3.05) is 20.2 Å². The lowest BCUT2D eigenvalue weighted by molar-refractivity contribution is -0.131. The molecule has 168 valence electrons. The van der Waals surface area contributed by atoms with Gasteiger partial charge in [0.2, 0.25) is 11.8 Å². The van der Waals surface area contributed by atoms with Crippen LogP contribution in [0.5, 0.6) is 5.75 Å². The molecule has 1 aliphatic rings. The van der Waals surface area contributed by atoms with Gasteiger partial charge in [0, 0.05) is 41.3 Å². The molecule has 6 nitrogen and oxygen atoms in total. The number of H-pyrrole nitrogens is 1. The molecule has 2 aromatic carbocycles. The molecule has 1 saturated heterocycles. The second kappa shape index (κ2) is 9.42. The van der Waals surface area contributed by atoms with Gasteiger partial charge in [-0.3, -0.25) is 9.59 Å². The highest BCUT2D eigenvalue weighted by Crippen LogP contribution is 2.24. The Morgan fingerprint density at radius 3 is 2.66 bits per heavy atom. The van der Waals surface area contributed by atoms with E-state index in [2.05, 4.69) is 10.3 Å². The predicted octanol–water partition coefficient (Wildman–Crippen LogP) is 3.52. The second-order valence-corrected chi connectivity index (χ2v) is 8.31. The summed E-state index contributed by atoms with van der Waals surface area (Å²) in [4.78, 5) is 30.4. The third kappa shape index (κ3) is 4.77. The van der Waals surface area contributed by atoms with Crippen molar-refractivity contribution in [2.45, 2.75) is 38.6 Å². The molecule has 32 heavy (non-hydrogen) atoms. The van der Waals surface area contributed by atoms with Gasteiger partial charge in [0.1, 0.15) is 11.6 Å². The zero-order valence-corrected chi connectivity index (χ0v) is 18.4. The number of aromatic amines is 1. The van der Waals surface area contributed by atoms with Crippen molar-refractivity contribution in [3.8, 4) is 5.75 Å². The molecule has 0 radical (unpaired) electrons. The highest BCUT2D eigenvalue weighted by molar-refractivity contribution is 5.90. The maximum atomic E-state index is 13.7. The Morgan fingerprint density at radius 1 is 1.16 bits per heavy atom. The Hall–Kier alpha value is -3.35. The lowest BCUT2D eigenvalue weighted by Crippen LogP contribution is -2.47. The van der Waals surface area contributed by atoms with E-state index in [1.165, 1.54) is 12.1 Å². The van der Waals surface area contributed by atoms with Crippen LogP contribution in [-0.2, 0) is 22.4 Å². The largest absolute Gasteiger partial charge is 0.496 e. The highest BCUT2D eigenvalue weighted by Gasteiger charge is 2.25. The number of carbonyl (C=O) groups excluding carboxylic acids is 2. The Bertz CT molecular complexity index is 1130.